The molecule has 126 valence electrons. The average Bonchev–Trinajstić information content (AvgIpc) is 2.53. The summed E-state index contributed by atoms with van der Waals surface area (Å²) < 4.78 is 0.822. The standard InChI is InChI=1S/C12H17N5O6/c1-5(20)14-12-16-10-8(11(23)17(12)4-19)15-6(2-13-10)9(22)7(21)3-18/h2,5,7,9,18-22H,3-4H2,1H3,(H,13,14,16)/t5?,7-,9+/m0/s1. The molecule has 11 nitrogen and oxygen atoms in total. The summed E-state index contributed by atoms with van der Waals surface area (Å²) in [6, 6.07) is 0. The molecule has 2 heterocycles. The van der Waals surface area contributed by atoms with Crippen LogP contribution in [-0.2, 0) is 6.73 Å². The fraction of sp³-hybridized carbons (Fsp3) is 0.500. The summed E-state index contributed by atoms with van der Waals surface area (Å²) in [5.41, 5.74) is -1.19. The largest absolute Gasteiger partial charge is 0.394 e. The Morgan fingerprint density at radius 2 is 1.96 bits per heavy atom. The van der Waals surface area contributed by atoms with Crippen molar-refractivity contribution >= 4 is 17.1 Å². The molecule has 23 heavy (non-hydrogen) atoms. The van der Waals surface area contributed by atoms with E-state index in [2.05, 4.69) is 20.3 Å². The molecule has 0 radical (unpaired) electrons. The van der Waals surface area contributed by atoms with Gasteiger partial charge in [0, 0.05) is 0 Å². The first-order valence-corrected chi connectivity index (χ1v) is 6.69. The highest BCUT2D eigenvalue weighted by molar-refractivity contribution is 5.70. The van der Waals surface area contributed by atoms with E-state index in [0.717, 1.165) is 10.8 Å². The van der Waals surface area contributed by atoms with Crippen LogP contribution >= 0.6 is 0 Å². The molecule has 0 amide bonds. The highest BCUT2D eigenvalue weighted by atomic mass is 16.4. The van der Waals surface area contributed by atoms with E-state index in [0.29, 0.717) is 0 Å². The number of hydrogen-bond acceptors (Lipinski definition) is 10. The van der Waals surface area contributed by atoms with Crippen LogP contribution in [0, 0.1) is 0 Å². The Labute approximate surface area is 129 Å². The molecule has 0 spiro atoms. The molecule has 2 aromatic heterocycles. The lowest BCUT2D eigenvalue weighted by Gasteiger charge is -2.16. The molecular formula is C12H17N5O6. The third kappa shape index (κ3) is 3.43. The van der Waals surface area contributed by atoms with Crippen LogP contribution in [0.3, 0.4) is 0 Å². The summed E-state index contributed by atoms with van der Waals surface area (Å²) in [7, 11) is 0. The Bertz CT molecular complexity index is 749. The second-order valence-electron chi connectivity index (χ2n) is 4.79. The van der Waals surface area contributed by atoms with Crippen LogP contribution in [-0.4, -0.2) is 64.0 Å². The molecule has 6 N–H and O–H groups in total. The average molecular weight is 327 g/mol. The van der Waals surface area contributed by atoms with Gasteiger partial charge in [-0.3, -0.25) is 9.36 Å². The van der Waals surface area contributed by atoms with Crippen LogP contribution in [0.2, 0.25) is 0 Å². The van der Waals surface area contributed by atoms with Crippen molar-refractivity contribution in [2.45, 2.75) is 32.1 Å². The minimum Gasteiger partial charge on any atom is -0.394 e. The first kappa shape index (κ1) is 17.2. The van der Waals surface area contributed by atoms with E-state index in [9.17, 15) is 25.2 Å². The van der Waals surface area contributed by atoms with Crippen molar-refractivity contribution < 1.29 is 25.5 Å². The lowest BCUT2D eigenvalue weighted by molar-refractivity contribution is -0.0173. The molecule has 11 heteroatoms. The first-order chi connectivity index (χ1) is 10.9. The second-order valence-corrected chi connectivity index (χ2v) is 4.79. The molecule has 0 aliphatic carbocycles. The topological polar surface area (TPSA) is 174 Å². The highest BCUT2D eigenvalue weighted by Crippen LogP contribution is 2.16. The van der Waals surface area contributed by atoms with Crippen molar-refractivity contribution in [1.29, 1.82) is 0 Å². The zero-order chi connectivity index (χ0) is 17.1. The Balaban J connectivity index is 2.59. The number of aliphatic hydroxyl groups excluding tert-OH is 5. The quantitative estimate of drug-likeness (QED) is 0.306. The van der Waals surface area contributed by atoms with Crippen molar-refractivity contribution in [2.24, 2.45) is 0 Å². The minimum absolute atomic E-state index is 0.0720. The molecule has 2 aromatic rings. The van der Waals surface area contributed by atoms with Gasteiger partial charge in [0.2, 0.25) is 5.95 Å². The van der Waals surface area contributed by atoms with Crippen LogP contribution in [0.4, 0.5) is 5.95 Å². The van der Waals surface area contributed by atoms with E-state index in [1.807, 2.05) is 0 Å². The zero-order valence-electron chi connectivity index (χ0n) is 12.2. The molecule has 0 bridgehead atoms. The van der Waals surface area contributed by atoms with E-state index in [4.69, 9.17) is 5.11 Å². The van der Waals surface area contributed by atoms with Crippen LogP contribution in [0.5, 0.6) is 0 Å². The number of hydrogen-bond donors (Lipinski definition) is 6. The van der Waals surface area contributed by atoms with Crippen LogP contribution in [0.1, 0.15) is 18.7 Å². The van der Waals surface area contributed by atoms with Crippen LogP contribution in [0.15, 0.2) is 11.0 Å². The predicted octanol–water partition coefficient (Wildman–Crippen LogP) is -2.73. The molecule has 0 aliphatic rings. The Kier molecular flexibility index (Phi) is 5.18. The van der Waals surface area contributed by atoms with E-state index >= 15 is 0 Å². The van der Waals surface area contributed by atoms with Crippen LogP contribution in [0.25, 0.3) is 11.2 Å². The van der Waals surface area contributed by atoms with Gasteiger partial charge in [-0.25, -0.2) is 9.97 Å². The number of nitrogens with one attached hydrogen (secondary N) is 1. The molecular weight excluding hydrogens is 310 g/mol. The van der Waals surface area contributed by atoms with Crippen molar-refractivity contribution in [3.05, 3.63) is 22.2 Å². The lowest BCUT2D eigenvalue weighted by atomic mass is 10.1. The summed E-state index contributed by atoms with van der Waals surface area (Å²) in [5, 5.41) is 49.2. The lowest BCUT2D eigenvalue weighted by Crippen LogP contribution is -2.29. The van der Waals surface area contributed by atoms with E-state index in [-0.39, 0.29) is 22.8 Å². The number of anilines is 1. The monoisotopic (exact) mass is 327 g/mol. The van der Waals surface area contributed by atoms with E-state index in [1.54, 1.807) is 0 Å². The summed E-state index contributed by atoms with van der Waals surface area (Å²) in [6.45, 7) is -0.0126. The third-order valence-electron chi connectivity index (χ3n) is 3.02. The summed E-state index contributed by atoms with van der Waals surface area (Å²) >= 11 is 0. The molecule has 1 unspecified atom stereocenters. The predicted molar refractivity (Wildman–Crippen MR) is 77.2 cm³/mol. The summed E-state index contributed by atoms with van der Waals surface area (Å²) in [5.74, 6) is -0.0991. The SMILES string of the molecule is CC(O)Nc1nc2ncc([C@@H](O)[C@@H](O)CO)nc2c(=O)n1CO. The van der Waals surface area contributed by atoms with Gasteiger partial charge in [0.1, 0.15) is 25.2 Å². The molecule has 0 saturated heterocycles. The number of fused-ring (bicyclic) bond motifs is 1. The van der Waals surface area contributed by atoms with Crippen molar-refractivity contribution in [1.82, 2.24) is 19.5 Å². The van der Waals surface area contributed by atoms with Gasteiger partial charge in [-0.1, -0.05) is 0 Å². The van der Waals surface area contributed by atoms with E-state index in [1.165, 1.54) is 6.92 Å². The normalized spacial score (nSPS) is 15.4. The van der Waals surface area contributed by atoms with Gasteiger partial charge in [0.15, 0.2) is 11.2 Å². The molecule has 0 aliphatic heterocycles. The van der Waals surface area contributed by atoms with Gasteiger partial charge in [0.25, 0.3) is 5.56 Å². The fourth-order valence-electron chi connectivity index (χ4n) is 1.87. The molecule has 2 rings (SSSR count). The number of aromatic nitrogens is 4. The summed E-state index contributed by atoms with van der Waals surface area (Å²) in [6.07, 6.45) is -2.93. The number of rotatable bonds is 6. The molecule has 0 aromatic carbocycles. The van der Waals surface area contributed by atoms with Crippen molar-refractivity contribution in [2.75, 3.05) is 11.9 Å². The van der Waals surface area contributed by atoms with Gasteiger partial charge >= 0.3 is 0 Å². The first-order valence-electron chi connectivity index (χ1n) is 6.69. The van der Waals surface area contributed by atoms with Gasteiger partial charge in [-0.2, -0.15) is 4.98 Å². The third-order valence-corrected chi connectivity index (χ3v) is 3.02. The summed E-state index contributed by atoms with van der Waals surface area (Å²) in [4.78, 5) is 24.1. The van der Waals surface area contributed by atoms with Gasteiger partial charge in [-0.15, -0.1) is 0 Å². The van der Waals surface area contributed by atoms with Gasteiger partial charge < -0.3 is 30.8 Å². The maximum atomic E-state index is 12.3. The number of aliphatic hydroxyl groups is 5. The maximum Gasteiger partial charge on any atom is 0.285 e. The van der Waals surface area contributed by atoms with Gasteiger partial charge in [-0.05, 0) is 6.92 Å². The Hall–Kier alpha value is -2.18. The molecule has 0 fully saturated rings. The van der Waals surface area contributed by atoms with Gasteiger partial charge in [0.05, 0.1) is 18.5 Å². The highest BCUT2D eigenvalue weighted by Gasteiger charge is 2.21. The maximum absolute atomic E-state index is 12.3. The molecule has 3 atom stereocenters. The van der Waals surface area contributed by atoms with Crippen molar-refractivity contribution in [3.8, 4) is 0 Å². The zero-order valence-corrected chi connectivity index (χ0v) is 12.2. The van der Waals surface area contributed by atoms with E-state index < -0.39 is 37.3 Å². The number of nitrogens with zero attached hydrogens (tertiary/aromatic N) is 4. The van der Waals surface area contributed by atoms with Crippen LogP contribution < -0.4 is 10.9 Å². The minimum atomic E-state index is -1.53. The molecule has 0 saturated carbocycles. The fourth-order valence-corrected chi connectivity index (χ4v) is 1.87. The second kappa shape index (κ2) is 6.93. The smallest absolute Gasteiger partial charge is 0.285 e. The van der Waals surface area contributed by atoms with Crippen molar-refractivity contribution in [3.63, 3.8) is 0 Å². The Morgan fingerprint density at radius 3 is 2.52 bits per heavy atom. The Morgan fingerprint density at radius 1 is 1.26 bits per heavy atom.